The van der Waals surface area contributed by atoms with E-state index in [1.165, 1.54) is 0 Å². The van der Waals surface area contributed by atoms with Crippen LogP contribution in [0.2, 0.25) is 0 Å². The van der Waals surface area contributed by atoms with Gasteiger partial charge < -0.3 is 5.32 Å². The molecule has 1 aromatic heterocycles. The molecule has 6 heteroatoms. The molecule has 88 valence electrons. The van der Waals surface area contributed by atoms with Crippen molar-refractivity contribution in [2.24, 2.45) is 0 Å². The minimum atomic E-state index is -4.25. The Kier molecular flexibility index (Phi) is 2.84. The third kappa shape index (κ3) is 2.49. The Balaban J connectivity index is 2.32. The minimum Gasteiger partial charge on any atom is -0.311 e. The van der Waals surface area contributed by atoms with Gasteiger partial charge in [-0.05, 0) is 25.5 Å². The summed E-state index contributed by atoms with van der Waals surface area (Å²) in [7, 11) is 0. The average molecular weight is 231 g/mol. The molecule has 0 saturated heterocycles. The van der Waals surface area contributed by atoms with Gasteiger partial charge in [-0.2, -0.15) is 13.2 Å². The van der Waals surface area contributed by atoms with Gasteiger partial charge in [0.2, 0.25) is 0 Å². The first-order valence-electron chi connectivity index (χ1n) is 5.08. The fraction of sp³-hybridized carbons (Fsp3) is 0.600. The van der Waals surface area contributed by atoms with Crippen molar-refractivity contribution in [3.63, 3.8) is 0 Å². The largest absolute Gasteiger partial charge is 0.396 e. The van der Waals surface area contributed by atoms with Crippen molar-refractivity contribution >= 4 is 0 Å². The lowest BCUT2D eigenvalue weighted by Crippen LogP contribution is -2.27. The zero-order valence-electron chi connectivity index (χ0n) is 8.86. The summed E-state index contributed by atoms with van der Waals surface area (Å²) in [5, 5.41) is 3.09. The van der Waals surface area contributed by atoms with Gasteiger partial charge >= 0.3 is 6.18 Å². The molecule has 0 atom stereocenters. The Labute approximate surface area is 91.1 Å². The fourth-order valence-corrected chi connectivity index (χ4v) is 1.87. The van der Waals surface area contributed by atoms with Crippen LogP contribution in [0.3, 0.4) is 0 Å². The van der Waals surface area contributed by atoms with Gasteiger partial charge in [-0.1, -0.05) is 0 Å². The maximum Gasteiger partial charge on any atom is 0.396 e. The smallest absolute Gasteiger partial charge is 0.311 e. The van der Waals surface area contributed by atoms with Gasteiger partial charge in [-0.15, -0.1) is 0 Å². The van der Waals surface area contributed by atoms with E-state index in [1.807, 2.05) is 0 Å². The summed E-state index contributed by atoms with van der Waals surface area (Å²) in [4.78, 5) is 7.88. The Hall–Kier alpha value is -1.17. The Morgan fingerprint density at radius 1 is 1.31 bits per heavy atom. The van der Waals surface area contributed by atoms with Gasteiger partial charge in [0.1, 0.15) is 12.2 Å². The Morgan fingerprint density at radius 3 is 2.75 bits per heavy atom. The van der Waals surface area contributed by atoms with E-state index >= 15 is 0 Å². The molecule has 2 heterocycles. The predicted molar refractivity (Wildman–Crippen MR) is 51.9 cm³/mol. The van der Waals surface area contributed by atoms with Gasteiger partial charge in [0.05, 0.1) is 5.69 Å². The van der Waals surface area contributed by atoms with Gasteiger partial charge in [0.25, 0.3) is 0 Å². The molecule has 0 bridgehead atoms. The van der Waals surface area contributed by atoms with E-state index in [9.17, 15) is 13.2 Å². The van der Waals surface area contributed by atoms with Crippen molar-refractivity contribution in [2.75, 3.05) is 6.54 Å². The number of halogens is 3. The van der Waals surface area contributed by atoms with E-state index in [0.29, 0.717) is 17.9 Å². The predicted octanol–water partition coefficient (Wildman–Crippen LogP) is 1.54. The highest BCUT2D eigenvalue weighted by Gasteiger charge is 2.30. The van der Waals surface area contributed by atoms with Crippen molar-refractivity contribution in [3.05, 3.63) is 22.8 Å². The molecule has 0 radical (unpaired) electrons. The summed E-state index contributed by atoms with van der Waals surface area (Å²) >= 11 is 0. The highest BCUT2D eigenvalue weighted by Crippen LogP contribution is 2.21. The average Bonchev–Trinajstić information content (AvgIpc) is 2.15. The van der Waals surface area contributed by atoms with Crippen LogP contribution < -0.4 is 5.32 Å². The van der Waals surface area contributed by atoms with Crippen molar-refractivity contribution in [2.45, 2.75) is 32.5 Å². The highest BCUT2D eigenvalue weighted by molar-refractivity contribution is 5.27. The van der Waals surface area contributed by atoms with Gasteiger partial charge in [0, 0.05) is 12.2 Å². The van der Waals surface area contributed by atoms with Crippen LogP contribution in [0.5, 0.6) is 0 Å². The minimum absolute atomic E-state index is 0.132. The molecule has 1 aliphatic rings. The maximum absolute atomic E-state index is 12.2. The second kappa shape index (κ2) is 4.01. The molecule has 1 N–H and O–H groups in total. The highest BCUT2D eigenvalue weighted by atomic mass is 19.4. The lowest BCUT2D eigenvalue weighted by atomic mass is 10.0. The number of hydrogen-bond donors (Lipinski definition) is 1. The molecular formula is C10H12F3N3. The first-order valence-corrected chi connectivity index (χ1v) is 5.08. The van der Waals surface area contributed by atoms with E-state index in [2.05, 4.69) is 15.3 Å². The van der Waals surface area contributed by atoms with E-state index in [1.54, 1.807) is 6.92 Å². The summed E-state index contributed by atoms with van der Waals surface area (Å²) in [5.74, 6) is -0.132. The third-order valence-corrected chi connectivity index (χ3v) is 2.55. The van der Waals surface area contributed by atoms with E-state index in [-0.39, 0.29) is 5.82 Å². The molecule has 0 unspecified atom stereocenters. The first-order chi connectivity index (χ1) is 7.46. The van der Waals surface area contributed by atoms with E-state index in [4.69, 9.17) is 0 Å². The fourth-order valence-electron chi connectivity index (χ4n) is 1.87. The molecule has 16 heavy (non-hydrogen) atoms. The number of aromatic nitrogens is 2. The van der Waals surface area contributed by atoms with E-state index in [0.717, 1.165) is 18.5 Å². The first kappa shape index (κ1) is 11.3. The molecule has 0 aromatic carbocycles. The van der Waals surface area contributed by atoms with E-state index < -0.39 is 12.6 Å². The number of fused-ring (bicyclic) bond motifs is 1. The molecule has 1 aromatic rings. The number of hydrogen-bond acceptors (Lipinski definition) is 3. The topological polar surface area (TPSA) is 37.8 Å². The molecular weight excluding hydrogens is 219 g/mol. The lowest BCUT2D eigenvalue weighted by molar-refractivity contribution is -0.128. The number of nitrogens with zero attached hydrogens (tertiary/aromatic N) is 2. The number of nitrogens with one attached hydrogen (secondary N) is 1. The maximum atomic E-state index is 12.2. The lowest BCUT2D eigenvalue weighted by Gasteiger charge is -2.18. The summed E-state index contributed by atoms with van der Waals surface area (Å²) in [6, 6.07) is 0. The summed E-state index contributed by atoms with van der Waals surface area (Å²) in [6.45, 7) is 3.10. The molecule has 0 aliphatic carbocycles. The van der Waals surface area contributed by atoms with Crippen molar-refractivity contribution < 1.29 is 13.2 Å². The Bertz CT molecular complexity index is 401. The van der Waals surface area contributed by atoms with Crippen LogP contribution in [0.15, 0.2) is 0 Å². The number of rotatable bonds is 1. The van der Waals surface area contributed by atoms with Crippen LogP contribution in [0.1, 0.15) is 22.8 Å². The zero-order chi connectivity index (χ0) is 11.8. The van der Waals surface area contributed by atoms with Crippen LogP contribution in [0, 0.1) is 6.92 Å². The van der Waals surface area contributed by atoms with Crippen molar-refractivity contribution in [3.8, 4) is 0 Å². The SMILES string of the molecule is Cc1nc(CC(F)(F)F)nc2c1CCNC2. The second-order valence-electron chi connectivity index (χ2n) is 3.87. The number of aryl methyl sites for hydroxylation is 1. The van der Waals surface area contributed by atoms with Gasteiger partial charge in [-0.3, -0.25) is 0 Å². The molecule has 0 amide bonds. The van der Waals surface area contributed by atoms with Crippen LogP contribution in [-0.2, 0) is 19.4 Å². The standard InChI is InChI=1S/C10H12F3N3/c1-6-7-2-3-14-5-8(7)16-9(15-6)4-10(11,12)13/h14H,2-5H2,1H3. The van der Waals surface area contributed by atoms with Crippen LogP contribution in [-0.4, -0.2) is 22.7 Å². The summed E-state index contributed by atoms with van der Waals surface area (Å²) < 4.78 is 36.6. The summed E-state index contributed by atoms with van der Waals surface area (Å²) in [6.07, 6.45) is -4.52. The third-order valence-electron chi connectivity index (χ3n) is 2.55. The normalized spacial score (nSPS) is 16.0. The summed E-state index contributed by atoms with van der Waals surface area (Å²) in [5.41, 5.74) is 2.37. The Morgan fingerprint density at radius 2 is 2.06 bits per heavy atom. The quantitative estimate of drug-likeness (QED) is 0.796. The molecule has 2 rings (SSSR count). The molecule has 1 aliphatic heterocycles. The molecule has 0 spiro atoms. The van der Waals surface area contributed by atoms with Crippen LogP contribution >= 0.6 is 0 Å². The zero-order valence-corrected chi connectivity index (χ0v) is 8.86. The second-order valence-corrected chi connectivity index (χ2v) is 3.87. The van der Waals surface area contributed by atoms with Crippen molar-refractivity contribution in [1.82, 2.24) is 15.3 Å². The molecule has 0 saturated carbocycles. The number of alkyl halides is 3. The van der Waals surface area contributed by atoms with Crippen LogP contribution in [0.25, 0.3) is 0 Å². The molecule has 0 fully saturated rings. The molecule has 3 nitrogen and oxygen atoms in total. The van der Waals surface area contributed by atoms with Crippen molar-refractivity contribution in [1.29, 1.82) is 0 Å². The van der Waals surface area contributed by atoms with Gasteiger partial charge in [-0.25, -0.2) is 9.97 Å². The van der Waals surface area contributed by atoms with Crippen LogP contribution in [0.4, 0.5) is 13.2 Å². The van der Waals surface area contributed by atoms with Gasteiger partial charge in [0.15, 0.2) is 0 Å². The monoisotopic (exact) mass is 231 g/mol.